The number of nitrogens with one attached hydrogen (secondary N) is 2. The number of methoxy groups -OCH3 is 1. The van der Waals surface area contributed by atoms with Gasteiger partial charge in [0.05, 0.1) is 7.11 Å². The molecule has 1 aliphatic rings. The lowest BCUT2D eigenvalue weighted by atomic mass is 9.94. The van der Waals surface area contributed by atoms with Crippen LogP contribution in [0.5, 0.6) is 5.88 Å². The Bertz CT molecular complexity index is 364. The molecule has 1 aromatic heterocycles. The average Bonchev–Trinajstić information content (AvgIpc) is 2.38. The number of ether oxygens (including phenoxy) is 1. The highest BCUT2D eigenvalue weighted by atomic mass is 16.5. The summed E-state index contributed by atoms with van der Waals surface area (Å²) in [5, 5.41) is 6.62. The Morgan fingerprint density at radius 3 is 2.73 bits per heavy atom. The van der Waals surface area contributed by atoms with Crippen molar-refractivity contribution in [1.82, 2.24) is 9.97 Å². The van der Waals surface area contributed by atoms with E-state index in [1.807, 2.05) is 0 Å². The second kappa shape index (κ2) is 3.56. The molecule has 2 rings (SSSR count). The van der Waals surface area contributed by atoms with Crippen LogP contribution in [0.1, 0.15) is 13.8 Å². The van der Waals surface area contributed by atoms with E-state index in [-0.39, 0.29) is 5.41 Å². The summed E-state index contributed by atoms with van der Waals surface area (Å²) in [7, 11) is 1.61. The SMILES string of the molecule is COc1ncnc2c1NCC(C)(C)CN2. The third-order valence-corrected chi connectivity index (χ3v) is 2.48. The summed E-state index contributed by atoms with van der Waals surface area (Å²) in [6.07, 6.45) is 1.50. The van der Waals surface area contributed by atoms with Gasteiger partial charge in [0.25, 0.3) is 0 Å². The van der Waals surface area contributed by atoms with E-state index < -0.39 is 0 Å². The molecule has 5 nitrogen and oxygen atoms in total. The monoisotopic (exact) mass is 208 g/mol. The van der Waals surface area contributed by atoms with E-state index in [1.165, 1.54) is 6.33 Å². The Morgan fingerprint density at radius 2 is 2.00 bits per heavy atom. The molecular weight excluding hydrogens is 192 g/mol. The van der Waals surface area contributed by atoms with Crippen LogP contribution in [0, 0.1) is 5.41 Å². The van der Waals surface area contributed by atoms with Gasteiger partial charge in [-0.25, -0.2) is 4.98 Å². The summed E-state index contributed by atoms with van der Waals surface area (Å²) < 4.78 is 5.18. The second-order valence-electron chi connectivity index (χ2n) is 4.48. The van der Waals surface area contributed by atoms with Crippen molar-refractivity contribution in [1.29, 1.82) is 0 Å². The number of aromatic nitrogens is 2. The van der Waals surface area contributed by atoms with Gasteiger partial charge in [0.2, 0.25) is 5.88 Å². The number of nitrogens with zero attached hydrogens (tertiary/aromatic N) is 2. The average molecular weight is 208 g/mol. The summed E-state index contributed by atoms with van der Waals surface area (Å²) in [6.45, 7) is 6.14. The molecule has 2 heterocycles. The molecule has 82 valence electrons. The van der Waals surface area contributed by atoms with Crippen LogP contribution in [0.2, 0.25) is 0 Å². The number of fused-ring (bicyclic) bond motifs is 1. The van der Waals surface area contributed by atoms with Crippen molar-refractivity contribution < 1.29 is 4.74 Å². The van der Waals surface area contributed by atoms with Crippen molar-refractivity contribution in [2.24, 2.45) is 5.41 Å². The van der Waals surface area contributed by atoms with Crippen molar-refractivity contribution in [3.8, 4) is 5.88 Å². The summed E-state index contributed by atoms with van der Waals surface area (Å²) in [4.78, 5) is 8.25. The predicted octanol–water partition coefficient (Wildman–Crippen LogP) is 1.35. The van der Waals surface area contributed by atoms with Crippen molar-refractivity contribution in [3.05, 3.63) is 6.33 Å². The molecule has 0 spiro atoms. The largest absolute Gasteiger partial charge is 0.479 e. The van der Waals surface area contributed by atoms with Gasteiger partial charge in [-0.3, -0.25) is 0 Å². The Morgan fingerprint density at radius 1 is 1.27 bits per heavy atom. The van der Waals surface area contributed by atoms with Gasteiger partial charge in [-0.05, 0) is 5.41 Å². The molecule has 0 bridgehead atoms. The lowest BCUT2D eigenvalue weighted by Crippen LogP contribution is -2.27. The van der Waals surface area contributed by atoms with Gasteiger partial charge in [-0.15, -0.1) is 0 Å². The zero-order chi connectivity index (χ0) is 10.9. The lowest BCUT2D eigenvalue weighted by Gasteiger charge is -2.21. The fourth-order valence-electron chi connectivity index (χ4n) is 1.53. The van der Waals surface area contributed by atoms with Gasteiger partial charge < -0.3 is 15.4 Å². The molecule has 0 saturated carbocycles. The lowest BCUT2D eigenvalue weighted by molar-refractivity contribution is 0.397. The van der Waals surface area contributed by atoms with Gasteiger partial charge >= 0.3 is 0 Å². The molecule has 0 saturated heterocycles. The first kappa shape index (κ1) is 10.0. The van der Waals surface area contributed by atoms with Crippen LogP contribution in [0.4, 0.5) is 11.5 Å². The van der Waals surface area contributed by atoms with Gasteiger partial charge in [0, 0.05) is 13.1 Å². The van der Waals surface area contributed by atoms with Crippen LogP contribution in [0.3, 0.4) is 0 Å². The van der Waals surface area contributed by atoms with Crippen LogP contribution >= 0.6 is 0 Å². The van der Waals surface area contributed by atoms with Gasteiger partial charge in [0.1, 0.15) is 12.0 Å². The molecule has 0 atom stereocenters. The summed E-state index contributed by atoms with van der Waals surface area (Å²) in [6, 6.07) is 0. The summed E-state index contributed by atoms with van der Waals surface area (Å²) >= 11 is 0. The molecule has 2 N–H and O–H groups in total. The van der Waals surface area contributed by atoms with Crippen molar-refractivity contribution in [2.75, 3.05) is 30.8 Å². The first-order chi connectivity index (χ1) is 7.12. The van der Waals surface area contributed by atoms with Crippen LogP contribution in [0.25, 0.3) is 0 Å². The first-order valence-corrected chi connectivity index (χ1v) is 4.99. The number of hydrogen-bond acceptors (Lipinski definition) is 5. The molecule has 0 aliphatic carbocycles. The first-order valence-electron chi connectivity index (χ1n) is 4.99. The Balaban J connectivity index is 2.35. The van der Waals surface area contributed by atoms with E-state index in [0.29, 0.717) is 5.88 Å². The van der Waals surface area contributed by atoms with Crippen LogP contribution in [-0.4, -0.2) is 30.2 Å². The highest BCUT2D eigenvalue weighted by Crippen LogP contribution is 2.32. The molecule has 0 radical (unpaired) electrons. The minimum absolute atomic E-state index is 0.186. The fourth-order valence-corrected chi connectivity index (χ4v) is 1.53. The maximum atomic E-state index is 5.18. The molecule has 0 unspecified atom stereocenters. The maximum Gasteiger partial charge on any atom is 0.242 e. The van der Waals surface area contributed by atoms with E-state index in [4.69, 9.17) is 4.74 Å². The molecule has 5 heteroatoms. The van der Waals surface area contributed by atoms with Gasteiger partial charge in [-0.1, -0.05) is 13.8 Å². The van der Waals surface area contributed by atoms with E-state index in [2.05, 4.69) is 34.4 Å². The summed E-state index contributed by atoms with van der Waals surface area (Å²) in [5.41, 5.74) is 1.04. The van der Waals surface area contributed by atoms with E-state index in [9.17, 15) is 0 Å². The normalized spacial score (nSPS) is 18.1. The van der Waals surface area contributed by atoms with E-state index >= 15 is 0 Å². The minimum atomic E-state index is 0.186. The highest BCUT2D eigenvalue weighted by molar-refractivity contribution is 5.70. The van der Waals surface area contributed by atoms with E-state index in [0.717, 1.165) is 24.6 Å². The maximum absolute atomic E-state index is 5.18. The standard InChI is InChI=1S/C10H16N4O/c1-10(2)4-11-7-8(12-5-10)13-6-14-9(7)15-3/h6,11H,4-5H2,1-3H3,(H,12,13,14). The third-order valence-electron chi connectivity index (χ3n) is 2.48. The van der Waals surface area contributed by atoms with Crippen molar-refractivity contribution >= 4 is 11.5 Å². The van der Waals surface area contributed by atoms with Gasteiger partial charge in [0.15, 0.2) is 5.82 Å². The van der Waals surface area contributed by atoms with Crippen LogP contribution < -0.4 is 15.4 Å². The minimum Gasteiger partial charge on any atom is -0.479 e. The zero-order valence-corrected chi connectivity index (χ0v) is 9.29. The molecule has 0 aromatic carbocycles. The van der Waals surface area contributed by atoms with E-state index in [1.54, 1.807) is 7.11 Å². The molecule has 1 aromatic rings. The second-order valence-corrected chi connectivity index (χ2v) is 4.48. The zero-order valence-electron chi connectivity index (χ0n) is 9.29. The number of anilines is 2. The third kappa shape index (κ3) is 1.95. The topological polar surface area (TPSA) is 59.1 Å². The van der Waals surface area contributed by atoms with Crippen LogP contribution in [-0.2, 0) is 0 Å². The smallest absolute Gasteiger partial charge is 0.242 e. The Labute approximate surface area is 89.3 Å². The molecule has 0 amide bonds. The van der Waals surface area contributed by atoms with Crippen LogP contribution in [0.15, 0.2) is 6.33 Å². The van der Waals surface area contributed by atoms with Crippen molar-refractivity contribution in [3.63, 3.8) is 0 Å². The summed E-state index contributed by atoms with van der Waals surface area (Å²) in [5.74, 6) is 1.40. The Kier molecular flexibility index (Phi) is 2.38. The molecule has 15 heavy (non-hydrogen) atoms. The number of hydrogen-bond donors (Lipinski definition) is 2. The number of rotatable bonds is 1. The van der Waals surface area contributed by atoms with Gasteiger partial charge in [-0.2, -0.15) is 4.98 Å². The highest BCUT2D eigenvalue weighted by Gasteiger charge is 2.24. The van der Waals surface area contributed by atoms with Crippen molar-refractivity contribution in [2.45, 2.75) is 13.8 Å². The quantitative estimate of drug-likeness (QED) is 0.729. The molecule has 0 fully saturated rings. The Hall–Kier alpha value is -1.52. The molecule has 1 aliphatic heterocycles. The fraction of sp³-hybridized carbons (Fsp3) is 0.600. The molecular formula is C10H16N4O. The predicted molar refractivity (Wildman–Crippen MR) is 59.3 cm³/mol.